The third-order valence-corrected chi connectivity index (χ3v) is 5.47. The second-order valence-electron chi connectivity index (χ2n) is 6.13. The van der Waals surface area contributed by atoms with E-state index in [2.05, 4.69) is 0 Å². The Labute approximate surface area is 146 Å². The first-order valence-corrected chi connectivity index (χ1v) is 9.60. The molecule has 2 aromatic rings. The fraction of sp³-hybridized carbons (Fsp3) is 0.211. The van der Waals surface area contributed by atoms with Crippen molar-refractivity contribution in [2.75, 3.05) is 10.7 Å². The zero-order valence-electron chi connectivity index (χ0n) is 13.7. The molecule has 1 atom stereocenters. The molecule has 0 aromatic heterocycles. The van der Waals surface area contributed by atoms with Crippen LogP contribution in [0.25, 0.3) is 0 Å². The molecule has 0 saturated heterocycles. The van der Waals surface area contributed by atoms with Crippen molar-refractivity contribution in [1.29, 1.82) is 0 Å². The molecule has 0 N–H and O–H groups in total. The monoisotopic (exact) mass is 359 g/mol. The summed E-state index contributed by atoms with van der Waals surface area (Å²) in [7, 11) is -3.29. The molecule has 0 spiro atoms. The summed E-state index contributed by atoms with van der Waals surface area (Å²) >= 11 is 0. The molecular weight excluding hydrogens is 341 g/mol. The van der Waals surface area contributed by atoms with Crippen LogP contribution in [-0.4, -0.2) is 26.1 Å². The first kappa shape index (κ1) is 17.4. The first-order chi connectivity index (χ1) is 11.8. The maximum atomic E-state index is 13.0. The summed E-state index contributed by atoms with van der Waals surface area (Å²) in [4.78, 5) is 14.4. The van der Waals surface area contributed by atoms with Gasteiger partial charge in [0.15, 0.2) is 9.84 Å². The first-order valence-electron chi connectivity index (χ1n) is 7.88. The molecule has 6 heteroatoms. The van der Waals surface area contributed by atoms with Crippen molar-refractivity contribution in [3.63, 3.8) is 0 Å². The highest BCUT2D eigenvalue weighted by molar-refractivity contribution is 7.94. The van der Waals surface area contributed by atoms with Gasteiger partial charge in [0.25, 0.3) is 0 Å². The fourth-order valence-corrected chi connectivity index (χ4v) is 4.08. The largest absolute Gasteiger partial charge is 0.304 e. The average molecular weight is 359 g/mol. The lowest BCUT2D eigenvalue weighted by Gasteiger charge is -2.28. The van der Waals surface area contributed by atoms with Crippen LogP contribution in [0.2, 0.25) is 0 Å². The molecule has 1 heterocycles. The topological polar surface area (TPSA) is 54.5 Å². The van der Waals surface area contributed by atoms with Crippen molar-refractivity contribution in [2.45, 2.75) is 19.4 Å². The molecule has 1 unspecified atom stereocenters. The van der Waals surface area contributed by atoms with Crippen LogP contribution in [0.5, 0.6) is 0 Å². The molecule has 0 bridgehead atoms. The van der Waals surface area contributed by atoms with Gasteiger partial charge in [0.1, 0.15) is 5.82 Å². The number of anilines is 1. The maximum absolute atomic E-state index is 13.0. The molecule has 1 amide bonds. The number of hydrogen-bond acceptors (Lipinski definition) is 3. The lowest BCUT2D eigenvalue weighted by atomic mass is 10.1. The zero-order chi connectivity index (χ0) is 18.0. The zero-order valence-corrected chi connectivity index (χ0v) is 14.5. The van der Waals surface area contributed by atoms with Gasteiger partial charge < -0.3 is 4.90 Å². The molecule has 0 fully saturated rings. The molecule has 130 valence electrons. The van der Waals surface area contributed by atoms with Crippen molar-refractivity contribution in [3.8, 4) is 0 Å². The van der Waals surface area contributed by atoms with E-state index < -0.39 is 15.9 Å². The average Bonchev–Trinajstić information content (AvgIpc) is 2.91. The molecule has 1 aliphatic heterocycles. The number of amides is 1. The number of carbonyl (C=O) groups excluding carboxylic acids is 1. The summed E-state index contributed by atoms with van der Waals surface area (Å²) in [5, 5.41) is 1.16. The van der Waals surface area contributed by atoms with E-state index in [0.717, 1.165) is 11.0 Å². The van der Waals surface area contributed by atoms with Gasteiger partial charge in [-0.05, 0) is 42.8 Å². The van der Waals surface area contributed by atoms with Crippen LogP contribution in [0.1, 0.15) is 11.1 Å². The highest BCUT2D eigenvalue weighted by atomic mass is 32.2. The van der Waals surface area contributed by atoms with Crippen LogP contribution in [0.3, 0.4) is 0 Å². The van der Waals surface area contributed by atoms with Gasteiger partial charge in [-0.3, -0.25) is 4.79 Å². The van der Waals surface area contributed by atoms with Crippen LogP contribution in [0, 0.1) is 12.7 Å². The number of aryl methyl sites for hydroxylation is 1. The molecule has 2 aromatic carbocycles. The number of carbonyl (C=O) groups is 1. The van der Waals surface area contributed by atoms with E-state index in [4.69, 9.17) is 0 Å². The van der Waals surface area contributed by atoms with E-state index >= 15 is 0 Å². The number of nitrogens with zero attached hydrogens (tertiary/aromatic N) is 1. The van der Waals surface area contributed by atoms with Crippen molar-refractivity contribution in [2.24, 2.45) is 0 Å². The van der Waals surface area contributed by atoms with Gasteiger partial charge in [0.05, 0.1) is 18.2 Å². The van der Waals surface area contributed by atoms with Gasteiger partial charge in [0.2, 0.25) is 5.91 Å². The standard InChI is InChI=1S/C19H18FNO3S/c1-14-2-8-17(9-3-14)21(18-10-11-25(23,24)13-18)19(22)12-15-4-6-16(20)7-5-15/h2-11,18H,12-13H2,1H3. The molecule has 1 aliphatic rings. The summed E-state index contributed by atoms with van der Waals surface area (Å²) < 4.78 is 36.6. The van der Waals surface area contributed by atoms with Crippen molar-refractivity contribution < 1.29 is 17.6 Å². The molecule has 0 aliphatic carbocycles. The Morgan fingerprint density at radius 1 is 1.12 bits per heavy atom. The number of sulfone groups is 1. The number of hydrogen-bond donors (Lipinski definition) is 0. The summed E-state index contributed by atoms with van der Waals surface area (Å²) in [5.41, 5.74) is 2.36. The highest BCUT2D eigenvalue weighted by Gasteiger charge is 2.31. The minimum atomic E-state index is -3.29. The summed E-state index contributed by atoms with van der Waals surface area (Å²) in [6.45, 7) is 1.94. The fourth-order valence-electron chi connectivity index (χ4n) is 2.81. The smallest absolute Gasteiger partial charge is 0.231 e. The van der Waals surface area contributed by atoms with E-state index in [0.29, 0.717) is 11.3 Å². The molecule has 25 heavy (non-hydrogen) atoms. The lowest BCUT2D eigenvalue weighted by Crippen LogP contribution is -2.42. The van der Waals surface area contributed by atoms with Crippen molar-refractivity contribution >= 4 is 21.4 Å². The van der Waals surface area contributed by atoms with Gasteiger partial charge in [-0.25, -0.2) is 12.8 Å². The Morgan fingerprint density at radius 2 is 1.76 bits per heavy atom. The van der Waals surface area contributed by atoms with Gasteiger partial charge in [0, 0.05) is 11.1 Å². The van der Waals surface area contributed by atoms with E-state index in [-0.39, 0.29) is 23.9 Å². The minimum Gasteiger partial charge on any atom is -0.304 e. The molecule has 0 saturated carbocycles. The number of rotatable bonds is 4. The molecule has 4 nitrogen and oxygen atoms in total. The number of halogens is 1. The number of benzene rings is 2. The van der Waals surface area contributed by atoms with Crippen LogP contribution in [0.15, 0.2) is 60.0 Å². The molecular formula is C19H18FNO3S. The minimum absolute atomic E-state index is 0.0680. The summed E-state index contributed by atoms with van der Waals surface area (Å²) in [6, 6.07) is 12.5. The van der Waals surface area contributed by atoms with E-state index in [9.17, 15) is 17.6 Å². The molecule has 0 radical (unpaired) electrons. The van der Waals surface area contributed by atoms with Crippen molar-refractivity contribution in [1.82, 2.24) is 0 Å². The van der Waals surface area contributed by atoms with Gasteiger partial charge in [-0.1, -0.05) is 29.8 Å². The van der Waals surface area contributed by atoms with Crippen LogP contribution >= 0.6 is 0 Å². The second kappa shape index (κ2) is 6.80. The van der Waals surface area contributed by atoms with E-state index in [1.54, 1.807) is 24.3 Å². The van der Waals surface area contributed by atoms with E-state index in [1.165, 1.54) is 23.1 Å². The highest BCUT2D eigenvalue weighted by Crippen LogP contribution is 2.24. The lowest BCUT2D eigenvalue weighted by molar-refractivity contribution is -0.118. The van der Waals surface area contributed by atoms with Crippen LogP contribution in [-0.2, 0) is 21.1 Å². The SMILES string of the molecule is Cc1ccc(N(C(=O)Cc2ccc(F)cc2)C2C=CS(=O)(=O)C2)cc1. The Hall–Kier alpha value is -2.47. The second-order valence-corrected chi connectivity index (χ2v) is 8.06. The Bertz CT molecular complexity index is 903. The molecule has 3 rings (SSSR count). The Kier molecular flexibility index (Phi) is 4.72. The predicted molar refractivity (Wildman–Crippen MR) is 95.5 cm³/mol. The van der Waals surface area contributed by atoms with Gasteiger partial charge in [-0.2, -0.15) is 0 Å². The third kappa shape index (κ3) is 4.14. The normalized spacial score (nSPS) is 18.2. The van der Waals surface area contributed by atoms with E-state index in [1.807, 2.05) is 19.1 Å². The van der Waals surface area contributed by atoms with Crippen molar-refractivity contribution in [3.05, 3.63) is 77.0 Å². The Balaban J connectivity index is 1.90. The predicted octanol–water partition coefficient (Wildman–Crippen LogP) is 3.02. The Morgan fingerprint density at radius 3 is 2.32 bits per heavy atom. The van der Waals surface area contributed by atoms with Gasteiger partial charge in [-0.15, -0.1) is 0 Å². The quantitative estimate of drug-likeness (QED) is 0.843. The maximum Gasteiger partial charge on any atom is 0.231 e. The van der Waals surface area contributed by atoms with Crippen LogP contribution < -0.4 is 4.90 Å². The summed E-state index contributed by atoms with van der Waals surface area (Å²) in [6.07, 6.45) is 1.61. The van der Waals surface area contributed by atoms with Gasteiger partial charge >= 0.3 is 0 Å². The third-order valence-electron chi connectivity index (χ3n) is 4.09. The summed E-state index contributed by atoms with van der Waals surface area (Å²) in [5.74, 6) is -0.727. The van der Waals surface area contributed by atoms with Crippen LogP contribution in [0.4, 0.5) is 10.1 Å².